The average molecular weight is 320 g/mol. The van der Waals surface area contributed by atoms with Crippen LogP contribution in [0, 0.1) is 6.92 Å². The summed E-state index contributed by atoms with van der Waals surface area (Å²) in [4.78, 5) is 2.45. The van der Waals surface area contributed by atoms with Gasteiger partial charge >= 0.3 is 0 Å². The molecule has 1 aliphatic heterocycles. The van der Waals surface area contributed by atoms with E-state index in [1.807, 2.05) is 0 Å². The number of likely N-dealkylation sites (tertiary alicyclic amines) is 1. The highest BCUT2D eigenvalue weighted by atomic mass is 79.9. The zero-order valence-corrected chi connectivity index (χ0v) is 12.6. The van der Waals surface area contributed by atoms with Crippen molar-refractivity contribution in [1.29, 1.82) is 0 Å². The first-order chi connectivity index (χ1) is 7.65. The molecule has 1 atom stereocenters. The molecule has 96 valence electrons. The van der Waals surface area contributed by atoms with E-state index in [9.17, 15) is 0 Å². The van der Waals surface area contributed by atoms with Gasteiger partial charge in [-0.3, -0.25) is 4.90 Å². The second-order valence-electron chi connectivity index (χ2n) is 4.72. The molecular formula is C13H20BrClN2. The Morgan fingerprint density at radius 1 is 1.47 bits per heavy atom. The minimum Gasteiger partial charge on any atom is -0.327 e. The first kappa shape index (κ1) is 15.0. The summed E-state index contributed by atoms with van der Waals surface area (Å²) in [5.74, 6) is 0. The second-order valence-corrected chi connectivity index (χ2v) is 5.58. The van der Waals surface area contributed by atoms with Crippen LogP contribution in [-0.2, 0) is 6.54 Å². The van der Waals surface area contributed by atoms with Crippen molar-refractivity contribution >= 4 is 28.3 Å². The van der Waals surface area contributed by atoms with Gasteiger partial charge in [0.05, 0.1) is 0 Å². The third-order valence-electron chi connectivity index (χ3n) is 3.18. The van der Waals surface area contributed by atoms with Gasteiger partial charge in [0, 0.05) is 23.6 Å². The standard InChI is InChI=1S/C13H19BrN2.ClH/c1-10-4-5-11(7-13(10)14)8-16-6-2-3-12(15)9-16;/h4-5,7,12H,2-3,6,8-9,15H2,1H3;1H. The number of nitrogens with two attached hydrogens (primary N) is 1. The molecule has 4 heteroatoms. The summed E-state index contributed by atoms with van der Waals surface area (Å²) in [6.07, 6.45) is 2.41. The number of benzene rings is 1. The minimum atomic E-state index is 0. The van der Waals surface area contributed by atoms with Crippen LogP contribution in [0.4, 0.5) is 0 Å². The largest absolute Gasteiger partial charge is 0.327 e. The Morgan fingerprint density at radius 3 is 2.88 bits per heavy atom. The summed E-state index contributed by atoms with van der Waals surface area (Å²) in [6, 6.07) is 6.96. The fraction of sp³-hybridized carbons (Fsp3) is 0.538. The fourth-order valence-corrected chi connectivity index (χ4v) is 2.65. The number of piperidine rings is 1. The summed E-state index contributed by atoms with van der Waals surface area (Å²) in [7, 11) is 0. The Labute approximate surface area is 118 Å². The van der Waals surface area contributed by atoms with Crippen LogP contribution in [-0.4, -0.2) is 24.0 Å². The van der Waals surface area contributed by atoms with Crippen LogP contribution in [0.15, 0.2) is 22.7 Å². The van der Waals surface area contributed by atoms with Gasteiger partial charge in [-0.25, -0.2) is 0 Å². The highest BCUT2D eigenvalue weighted by Gasteiger charge is 2.16. The van der Waals surface area contributed by atoms with Crippen molar-refractivity contribution in [3.63, 3.8) is 0 Å². The van der Waals surface area contributed by atoms with Gasteiger partial charge in [-0.2, -0.15) is 0 Å². The number of hydrogen-bond donors (Lipinski definition) is 1. The first-order valence-corrected chi connectivity index (χ1v) is 6.67. The topological polar surface area (TPSA) is 29.3 Å². The van der Waals surface area contributed by atoms with Crippen LogP contribution in [0.2, 0.25) is 0 Å². The van der Waals surface area contributed by atoms with Crippen molar-refractivity contribution in [2.45, 2.75) is 32.4 Å². The lowest BCUT2D eigenvalue weighted by Gasteiger charge is -2.30. The lowest BCUT2D eigenvalue weighted by Crippen LogP contribution is -2.42. The van der Waals surface area contributed by atoms with Gasteiger partial charge in [-0.05, 0) is 43.5 Å². The number of hydrogen-bond acceptors (Lipinski definition) is 2. The molecule has 1 aromatic rings. The molecule has 0 aliphatic carbocycles. The van der Waals surface area contributed by atoms with Gasteiger partial charge < -0.3 is 5.73 Å². The minimum absolute atomic E-state index is 0. The number of aryl methyl sites for hydroxylation is 1. The fourth-order valence-electron chi connectivity index (χ4n) is 2.23. The van der Waals surface area contributed by atoms with Gasteiger partial charge in [-0.1, -0.05) is 28.1 Å². The predicted octanol–water partition coefficient (Wildman–Crippen LogP) is 3.10. The van der Waals surface area contributed by atoms with E-state index in [0.717, 1.165) is 13.1 Å². The van der Waals surface area contributed by atoms with E-state index in [4.69, 9.17) is 5.73 Å². The van der Waals surface area contributed by atoms with Crippen molar-refractivity contribution in [2.24, 2.45) is 5.73 Å². The van der Waals surface area contributed by atoms with E-state index in [1.165, 1.54) is 35.0 Å². The van der Waals surface area contributed by atoms with Gasteiger partial charge in [0.2, 0.25) is 0 Å². The molecule has 0 bridgehead atoms. The Hall–Kier alpha value is -0.0900. The van der Waals surface area contributed by atoms with Crippen LogP contribution in [0.25, 0.3) is 0 Å². The maximum Gasteiger partial charge on any atom is 0.0234 e. The highest BCUT2D eigenvalue weighted by Crippen LogP contribution is 2.19. The molecule has 0 aromatic heterocycles. The van der Waals surface area contributed by atoms with Crippen LogP contribution in [0.5, 0.6) is 0 Å². The van der Waals surface area contributed by atoms with Gasteiger partial charge in [0.1, 0.15) is 0 Å². The summed E-state index contributed by atoms with van der Waals surface area (Å²) < 4.78 is 1.20. The predicted molar refractivity (Wildman–Crippen MR) is 78.6 cm³/mol. The maximum absolute atomic E-state index is 5.98. The van der Waals surface area contributed by atoms with Gasteiger partial charge in [0.25, 0.3) is 0 Å². The van der Waals surface area contributed by atoms with E-state index in [0.29, 0.717) is 6.04 Å². The quantitative estimate of drug-likeness (QED) is 0.907. The maximum atomic E-state index is 5.98. The highest BCUT2D eigenvalue weighted by molar-refractivity contribution is 9.10. The van der Waals surface area contributed by atoms with Crippen molar-refractivity contribution in [3.8, 4) is 0 Å². The zero-order valence-electron chi connectivity index (χ0n) is 10.2. The summed E-state index contributed by atoms with van der Waals surface area (Å²) in [6.45, 7) is 5.35. The third-order valence-corrected chi connectivity index (χ3v) is 4.04. The van der Waals surface area contributed by atoms with Crippen molar-refractivity contribution in [1.82, 2.24) is 4.90 Å². The zero-order chi connectivity index (χ0) is 11.5. The lowest BCUT2D eigenvalue weighted by atomic mass is 10.1. The van der Waals surface area contributed by atoms with Crippen molar-refractivity contribution in [3.05, 3.63) is 33.8 Å². The molecule has 0 saturated carbocycles. The van der Waals surface area contributed by atoms with E-state index < -0.39 is 0 Å². The smallest absolute Gasteiger partial charge is 0.0234 e. The number of nitrogens with zero attached hydrogens (tertiary/aromatic N) is 1. The van der Waals surface area contributed by atoms with E-state index in [-0.39, 0.29) is 12.4 Å². The summed E-state index contributed by atoms with van der Waals surface area (Å²) in [5.41, 5.74) is 8.64. The molecule has 2 rings (SSSR count). The lowest BCUT2D eigenvalue weighted by molar-refractivity contribution is 0.201. The average Bonchev–Trinajstić information content (AvgIpc) is 2.24. The van der Waals surface area contributed by atoms with Crippen LogP contribution in [0.1, 0.15) is 24.0 Å². The SMILES string of the molecule is Cc1ccc(CN2CCCC(N)C2)cc1Br.Cl. The molecule has 1 heterocycles. The normalized spacial score (nSPS) is 21.0. The number of rotatable bonds is 2. The molecular weight excluding hydrogens is 300 g/mol. The molecule has 1 aromatic carbocycles. The molecule has 17 heavy (non-hydrogen) atoms. The van der Waals surface area contributed by atoms with Gasteiger partial charge in [0.15, 0.2) is 0 Å². The molecule has 2 N–H and O–H groups in total. The Kier molecular flexibility index (Phi) is 5.93. The molecule has 0 amide bonds. The Bertz CT molecular complexity index is 370. The molecule has 1 saturated heterocycles. The third kappa shape index (κ3) is 4.25. The molecule has 2 nitrogen and oxygen atoms in total. The molecule has 1 fully saturated rings. The van der Waals surface area contributed by atoms with Crippen LogP contribution >= 0.6 is 28.3 Å². The monoisotopic (exact) mass is 318 g/mol. The number of halogens is 2. The van der Waals surface area contributed by atoms with Crippen molar-refractivity contribution < 1.29 is 0 Å². The summed E-state index contributed by atoms with van der Waals surface area (Å²) in [5, 5.41) is 0. The molecule has 0 spiro atoms. The van der Waals surface area contributed by atoms with Crippen LogP contribution in [0.3, 0.4) is 0 Å². The van der Waals surface area contributed by atoms with E-state index >= 15 is 0 Å². The Morgan fingerprint density at radius 2 is 2.24 bits per heavy atom. The molecule has 1 aliphatic rings. The van der Waals surface area contributed by atoms with Crippen molar-refractivity contribution in [2.75, 3.05) is 13.1 Å². The molecule has 1 unspecified atom stereocenters. The summed E-state index contributed by atoms with van der Waals surface area (Å²) >= 11 is 3.58. The molecule has 0 radical (unpaired) electrons. The van der Waals surface area contributed by atoms with Gasteiger partial charge in [-0.15, -0.1) is 12.4 Å². The van der Waals surface area contributed by atoms with E-state index in [2.05, 4.69) is 46.0 Å². The second kappa shape index (κ2) is 6.74. The first-order valence-electron chi connectivity index (χ1n) is 5.88. The van der Waals surface area contributed by atoms with E-state index in [1.54, 1.807) is 0 Å². The van der Waals surface area contributed by atoms with Crippen LogP contribution < -0.4 is 5.73 Å². The Balaban J connectivity index is 0.00000144.